The molecule has 2 rings (SSSR count). The molecular formula is C15H27NOS. The molecule has 2 nitrogen and oxygen atoms in total. The molecule has 1 N–H and O–H groups in total. The molecule has 0 saturated heterocycles. The van der Waals surface area contributed by atoms with E-state index in [1.807, 2.05) is 6.26 Å². The van der Waals surface area contributed by atoms with E-state index in [9.17, 15) is 4.21 Å². The smallest absolute Gasteiger partial charge is 0.0580 e. The summed E-state index contributed by atoms with van der Waals surface area (Å²) in [4.78, 5) is 0. The molecule has 0 radical (unpaired) electrons. The number of hydrogen-bond donors (Lipinski definition) is 1. The van der Waals surface area contributed by atoms with Crippen LogP contribution in [0.3, 0.4) is 0 Å². The van der Waals surface area contributed by atoms with Gasteiger partial charge in [0.2, 0.25) is 0 Å². The maximum Gasteiger partial charge on any atom is 0.0580 e. The summed E-state index contributed by atoms with van der Waals surface area (Å²) in [6.07, 6.45) is 14.5. The lowest BCUT2D eigenvalue weighted by Gasteiger charge is -2.40. The van der Waals surface area contributed by atoms with Crippen LogP contribution in [0.25, 0.3) is 0 Å². The first kappa shape index (κ1) is 14.3. The van der Waals surface area contributed by atoms with Gasteiger partial charge in [0, 0.05) is 29.6 Å². The molecule has 3 heteroatoms. The van der Waals surface area contributed by atoms with Crippen LogP contribution >= 0.6 is 0 Å². The molecule has 2 fully saturated rings. The molecule has 0 spiro atoms. The van der Waals surface area contributed by atoms with Gasteiger partial charge < -0.3 is 5.32 Å². The standard InChI is InChI=1S/C15H27NOS/c1-13(11-14-7-4-3-5-8-14)16-12-15(18(2)17)9-6-10-15/h11,13,16H,3-10,12H2,1-2H3. The first-order chi connectivity index (χ1) is 8.62. The van der Waals surface area contributed by atoms with Crippen LogP contribution in [0, 0.1) is 0 Å². The Labute approximate surface area is 114 Å². The normalized spacial score (nSPS) is 26.2. The van der Waals surface area contributed by atoms with E-state index in [1.54, 1.807) is 5.57 Å². The molecule has 0 aromatic rings. The van der Waals surface area contributed by atoms with Crippen LogP contribution in [0.5, 0.6) is 0 Å². The zero-order valence-electron chi connectivity index (χ0n) is 11.8. The number of rotatable bonds is 5. The molecule has 104 valence electrons. The molecule has 0 aromatic heterocycles. The predicted molar refractivity (Wildman–Crippen MR) is 79.3 cm³/mol. The monoisotopic (exact) mass is 269 g/mol. The van der Waals surface area contributed by atoms with Gasteiger partial charge in [-0.15, -0.1) is 0 Å². The molecule has 2 aliphatic rings. The Hall–Kier alpha value is -0.150. The third-order valence-corrected chi connectivity index (χ3v) is 6.37. The van der Waals surface area contributed by atoms with E-state index in [1.165, 1.54) is 38.5 Å². The first-order valence-corrected chi connectivity index (χ1v) is 8.95. The lowest BCUT2D eigenvalue weighted by molar-refractivity contribution is 0.331. The topological polar surface area (TPSA) is 29.1 Å². The summed E-state index contributed by atoms with van der Waals surface area (Å²) in [6, 6.07) is 0.430. The highest BCUT2D eigenvalue weighted by molar-refractivity contribution is 7.85. The Kier molecular flexibility index (Phi) is 5.02. The molecule has 2 aliphatic carbocycles. The van der Waals surface area contributed by atoms with Crippen LogP contribution in [0.4, 0.5) is 0 Å². The third kappa shape index (κ3) is 3.45. The summed E-state index contributed by atoms with van der Waals surface area (Å²) in [5.74, 6) is 0. The van der Waals surface area contributed by atoms with Crippen LogP contribution < -0.4 is 5.32 Å². The van der Waals surface area contributed by atoms with Gasteiger partial charge in [0.05, 0.1) is 4.75 Å². The van der Waals surface area contributed by atoms with Crippen molar-refractivity contribution in [2.75, 3.05) is 12.8 Å². The molecule has 2 unspecified atom stereocenters. The fourth-order valence-electron chi connectivity index (χ4n) is 3.07. The summed E-state index contributed by atoms with van der Waals surface area (Å²) < 4.78 is 11.9. The minimum atomic E-state index is -0.688. The quantitative estimate of drug-likeness (QED) is 0.777. The molecular weight excluding hydrogens is 242 g/mol. The van der Waals surface area contributed by atoms with Crippen molar-refractivity contribution < 1.29 is 4.21 Å². The van der Waals surface area contributed by atoms with Crippen molar-refractivity contribution in [2.45, 2.75) is 69.1 Å². The van der Waals surface area contributed by atoms with E-state index in [4.69, 9.17) is 0 Å². The fraction of sp³-hybridized carbons (Fsp3) is 0.867. The molecule has 0 aromatic carbocycles. The molecule has 0 amide bonds. The van der Waals surface area contributed by atoms with E-state index >= 15 is 0 Å². The summed E-state index contributed by atoms with van der Waals surface area (Å²) in [7, 11) is -0.688. The van der Waals surface area contributed by atoms with Gasteiger partial charge in [-0.05, 0) is 45.4 Å². The van der Waals surface area contributed by atoms with Crippen molar-refractivity contribution in [3.05, 3.63) is 11.6 Å². The van der Waals surface area contributed by atoms with Gasteiger partial charge in [-0.25, -0.2) is 0 Å². The predicted octanol–water partition coefficient (Wildman–Crippen LogP) is 3.16. The summed E-state index contributed by atoms with van der Waals surface area (Å²) in [5, 5.41) is 3.58. The van der Waals surface area contributed by atoms with E-state index in [-0.39, 0.29) is 4.75 Å². The second-order valence-electron chi connectivity index (χ2n) is 6.05. The molecule has 0 bridgehead atoms. The van der Waals surface area contributed by atoms with Crippen LogP contribution in [-0.2, 0) is 10.8 Å². The molecule has 2 saturated carbocycles. The lowest BCUT2D eigenvalue weighted by atomic mass is 9.84. The number of nitrogens with one attached hydrogen (secondary N) is 1. The average Bonchev–Trinajstić information content (AvgIpc) is 2.28. The van der Waals surface area contributed by atoms with Crippen LogP contribution in [0.15, 0.2) is 11.6 Å². The van der Waals surface area contributed by atoms with Crippen molar-refractivity contribution in [1.82, 2.24) is 5.32 Å². The van der Waals surface area contributed by atoms with Gasteiger partial charge in [-0.1, -0.05) is 24.5 Å². The Morgan fingerprint density at radius 1 is 1.28 bits per heavy atom. The van der Waals surface area contributed by atoms with E-state index in [2.05, 4.69) is 18.3 Å². The minimum absolute atomic E-state index is 0.0827. The van der Waals surface area contributed by atoms with Crippen molar-refractivity contribution in [1.29, 1.82) is 0 Å². The third-order valence-electron chi connectivity index (χ3n) is 4.60. The summed E-state index contributed by atoms with van der Waals surface area (Å²) in [5.41, 5.74) is 1.63. The highest BCUT2D eigenvalue weighted by Gasteiger charge is 2.40. The highest BCUT2D eigenvalue weighted by Crippen LogP contribution is 2.36. The Bertz CT molecular complexity index is 325. The maximum atomic E-state index is 11.8. The van der Waals surface area contributed by atoms with E-state index < -0.39 is 10.8 Å². The zero-order chi connectivity index (χ0) is 13.0. The Balaban J connectivity index is 1.80. The highest BCUT2D eigenvalue weighted by atomic mass is 32.2. The van der Waals surface area contributed by atoms with Crippen molar-refractivity contribution in [3.63, 3.8) is 0 Å². The number of allylic oxidation sites excluding steroid dienone is 1. The van der Waals surface area contributed by atoms with E-state index in [0.717, 1.165) is 19.4 Å². The SMILES string of the molecule is CC(C=C1CCCCC1)NCC1(S(C)=O)CCC1. The Morgan fingerprint density at radius 3 is 2.44 bits per heavy atom. The van der Waals surface area contributed by atoms with Crippen molar-refractivity contribution in [2.24, 2.45) is 0 Å². The van der Waals surface area contributed by atoms with Crippen molar-refractivity contribution in [3.8, 4) is 0 Å². The first-order valence-electron chi connectivity index (χ1n) is 7.39. The molecule has 18 heavy (non-hydrogen) atoms. The summed E-state index contributed by atoms with van der Waals surface area (Å²) >= 11 is 0. The molecule has 2 atom stereocenters. The Morgan fingerprint density at radius 2 is 1.94 bits per heavy atom. The van der Waals surface area contributed by atoms with E-state index in [0.29, 0.717) is 6.04 Å². The maximum absolute atomic E-state index is 11.8. The van der Waals surface area contributed by atoms with Gasteiger partial charge in [-0.3, -0.25) is 4.21 Å². The minimum Gasteiger partial charge on any atom is -0.309 e. The largest absolute Gasteiger partial charge is 0.309 e. The fourth-order valence-corrected chi connectivity index (χ4v) is 4.22. The summed E-state index contributed by atoms with van der Waals surface area (Å²) in [6.45, 7) is 3.15. The van der Waals surface area contributed by atoms with Crippen LogP contribution in [0.1, 0.15) is 58.3 Å². The zero-order valence-corrected chi connectivity index (χ0v) is 12.7. The van der Waals surface area contributed by atoms with Gasteiger partial charge in [0.15, 0.2) is 0 Å². The van der Waals surface area contributed by atoms with Crippen molar-refractivity contribution >= 4 is 10.8 Å². The lowest BCUT2D eigenvalue weighted by Crippen LogP contribution is -2.51. The van der Waals surface area contributed by atoms with Gasteiger partial charge in [0.1, 0.15) is 0 Å². The average molecular weight is 269 g/mol. The molecule has 0 aliphatic heterocycles. The second kappa shape index (κ2) is 6.33. The van der Waals surface area contributed by atoms with Gasteiger partial charge in [-0.2, -0.15) is 0 Å². The molecule has 0 heterocycles. The van der Waals surface area contributed by atoms with Crippen LogP contribution in [-0.4, -0.2) is 27.8 Å². The van der Waals surface area contributed by atoms with Gasteiger partial charge in [0.25, 0.3) is 0 Å². The van der Waals surface area contributed by atoms with Crippen LogP contribution in [0.2, 0.25) is 0 Å². The van der Waals surface area contributed by atoms with Gasteiger partial charge >= 0.3 is 0 Å². The second-order valence-corrected chi connectivity index (χ2v) is 7.82. The number of hydrogen-bond acceptors (Lipinski definition) is 2.